The molecule has 1 aromatic rings. The van der Waals surface area contributed by atoms with E-state index in [1.54, 1.807) is 12.1 Å². The lowest BCUT2D eigenvalue weighted by molar-refractivity contribution is -0.181. The number of ether oxygens (including phenoxy) is 1. The fourth-order valence-electron chi connectivity index (χ4n) is 2.31. The molecule has 138 valence electrons. The molecule has 1 aromatic carbocycles. The van der Waals surface area contributed by atoms with Crippen molar-refractivity contribution in [2.45, 2.75) is 63.5 Å². The minimum absolute atomic E-state index is 0.127. The zero-order valence-electron chi connectivity index (χ0n) is 14.3. The van der Waals surface area contributed by atoms with E-state index in [0.29, 0.717) is 19.3 Å². The monoisotopic (exact) mass is 345 g/mol. The summed E-state index contributed by atoms with van der Waals surface area (Å²) in [5, 5.41) is 18.3. The van der Waals surface area contributed by atoms with Crippen molar-refractivity contribution in [2.75, 3.05) is 13.2 Å². The molecule has 0 aromatic heterocycles. The van der Waals surface area contributed by atoms with Gasteiger partial charge in [-0.15, -0.1) is 0 Å². The molecule has 0 bridgehead atoms. The number of nitrogens with two attached hydrogens (primary N) is 1. The van der Waals surface area contributed by atoms with Crippen LogP contribution >= 0.6 is 0 Å². The molecule has 6 heteroatoms. The van der Waals surface area contributed by atoms with E-state index >= 15 is 0 Å². The van der Waals surface area contributed by atoms with E-state index in [-0.39, 0.29) is 25.4 Å². The summed E-state index contributed by atoms with van der Waals surface area (Å²) in [6, 6.07) is 6.39. The Bertz CT molecular complexity index is 462. The van der Waals surface area contributed by atoms with Gasteiger partial charge in [0.15, 0.2) is 0 Å². The Morgan fingerprint density at radius 2 is 1.62 bits per heavy atom. The molecule has 0 aliphatic carbocycles. The van der Waals surface area contributed by atoms with Gasteiger partial charge in [0.05, 0.1) is 25.2 Å². The largest absolute Gasteiger partial charge is 0.433 e. The topological polar surface area (TPSA) is 75.7 Å². The highest BCUT2D eigenvalue weighted by Crippen LogP contribution is 2.27. The third kappa shape index (κ3) is 7.55. The van der Waals surface area contributed by atoms with E-state index in [1.807, 2.05) is 6.92 Å². The Balaban J connectivity index is 2.49. The second kappa shape index (κ2) is 9.91. The molecule has 0 saturated carbocycles. The number of rotatable bonds is 12. The molecule has 0 saturated heterocycles. The van der Waals surface area contributed by atoms with E-state index in [2.05, 4.69) is 0 Å². The summed E-state index contributed by atoms with van der Waals surface area (Å²) >= 11 is 0. The van der Waals surface area contributed by atoms with Crippen molar-refractivity contribution in [3.05, 3.63) is 29.8 Å². The van der Waals surface area contributed by atoms with E-state index in [1.165, 1.54) is 12.1 Å². The fourth-order valence-corrected chi connectivity index (χ4v) is 2.31. The molecule has 0 unspecified atom stereocenters. The summed E-state index contributed by atoms with van der Waals surface area (Å²) in [6.07, 6.45) is 0.677. The third-order valence-electron chi connectivity index (χ3n) is 4.05. The quantitative estimate of drug-likeness (QED) is 0.508. The summed E-state index contributed by atoms with van der Waals surface area (Å²) in [5.74, 6) is 0.127. The number of unbranched alkanes of at least 4 members (excludes halogenated alkanes) is 3. The minimum atomic E-state index is -3.16. The van der Waals surface area contributed by atoms with Crippen LogP contribution < -0.4 is 10.5 Å². The lowest BCUT2D eigenvalue weighted by atomic mass is 9.94. The summed E-state index contributed by atoms with van der Waals surface area (Å²) in [4.78, 5) is 0. The predicted molar refractivity (Wildman–Crippen MR) is 90.2 cm³/mol. The SMILES string of the molecule is CCCCCCC(F)(F)Oc1ccc(CCC(N)(CO)CO)cc1. The van der Waals surface area contributed by atoms with Crippen molar-refractivity contribution in [3.8, 4) is 5.75 Å². The van der Waals surface area contributed by atoms with Gasteiger partial charge in [0.25, 0.3) is 0 Å². The lowest BCUT2D eigenvalue weighted by Gasteiger charge is -2.24. The molecule has 0 radical (unpaired) electrons. The maximum absolute atomic E-state index is 13.7. The van der Waals surface area contributed by atoms with Crippen LogP contribution in [0.2, 0.25) is 0 Å². The molecule has 0 fully saturated rings. The van der Waals surface area contributed by atoms with Gasteiger partial charge in [-0.1, -0.05) is 38.3 Å². The van der Waals surface area contributed by atoms with Crippen LogP contribution in [0.3, 0.4) is 0 Å². The van der Waals surface area contributed by atoms with Crippen LogP contribution in [0.25, 0.3) is 0 Å². The molecule has 0 aliphatic heterocycles. The second-order valence-corrected chi connectivity index (χ2v) is 6.37. The van der Waals surface area contributed by atoms with Gasteiger partial charge < -0.3 is 20.7 Å². The van der Waals surface area contributed by atoms with Gasteiger partial charge in [0.2, 0.25) is 0 Å². The number of alkyl halides is 2. The smallest absolute Gasteiger partial charge is 0.397 e. The number of hydrogen-bond acceptors (Lipinski definition) is 4. The summed E-state index contributed by atoms with van der Waals surface area (Å²) in [5.41, 5.74) is 5.65. The fraction of sp³-hybridized carbons (Fsp3) is 0.667. The lowest BCUT2D eigenvalue weighted by Crippen LogP contribution is -2.47. The summed E-state index contributed by atoms with van der Waals surface area (Å²) in [6.45, 7) is 1.41. The Hall–Kier alpha value is -1.24. The Kier molecular flexibility index (Phi) is 8.59. The molecular weight excluding hydrogens is 316 g/mol. The average Bonchev–Trinajstić information content (AvgIpc) is 2.57. The zero-order valence-corrected chi connectivity index (χ0v) is 14.3. The number of aliphatic hydroxyl groups excluding tert-OH is 2. The molecule has 4 nitrogen and oxygen atoms in total. The number of benzene rings is 1. The van der Waals surface area contributed by atoms with E-state index in [0.717, 1.165) is 24.8 Å². The number of hydrogen-bond donors (Lipinski definition) is 3. The average molecular weight is 345 g/mol. The first-order valence-corrected chi connectivity index (χ1v) is 8.50. The first-order chi connectivity index (χ1) is 11.3. The van der Waals surface area contributed by atoms with Crippen molar-refractivity contribution in [1.82, 2.24) is 0 Å². The zero-order chi connectivity index (χ0) is 18.1. The molecule has 24 heavy (non-hydrogen) atoms. The highest BCUT2D eigenvalue weighted by molar-refractivity contribution is 5.27. The van der Waals surface area contributed by atoms with Crippen LogP contribution in [0.15, 0.2) is 24.3 Å². The number of aliphatic hydroxyl groups is 2. The number of halogens is 2. The van der Waals surface area contributed by atoms with Crippen LogP contribution in [0.4, 0.5) is 8.78 Å². The van der Waals surface area contributed by atoms with E-state index < -0.39 is 11.6 Å². The van der Waals surface area contributed by atoms with Crippen LogP contribution in [-0.2, 0) is 6.42 Å². The highest BCUT2D eigenvalue weighted by Gasteiger charge is 2.30. The Labute approximate surface area is 142 Å². The molecule has 0 atom stereocenters. The maximum atomic E-state index is 13.7. The Morgan fingerprint density at radius 3 is 2.17 bits per heavy atom. The van der Waals surface area contributed by atoms with Crippen molar-refractivity contribution in [1.29, 1.82) is 0 Å². The molecule has 1 rings (SSSR count). The van der Waals surface area contributed by atoms with Crippen LogP contribution in [0.1, 0.15) is 51.0 Å². The van der Waals surface area contributed by atoms with Crippen LogP contribution in [-0.4, -0.2) is 35.1 Å². The summed E-state index contributed by atoms with van der Waals surface area (Å²) < 4.78 is 32.3. The van der Waals surface area contributed by atoms with Crippen molar-refractivity contribution in [2.24, 2.45) is 5.73 Å². The van der Waals surface area contributed by atoms with E-state index in [9.17, 15) is 8.78 Å². The number of aryl methyl sites for hydroxylation is 1. The molecule has 0 heterocycles. The summed E-state index contributed by atoms with van der Waals surface area (Å²) in [7, 11) is 0. The van der Waals surface area contributed by atoms with Gasteiger partial charge in [0, 0.05) is 0 Å². The molecular formula is C18H29F2NO3. The maximum Gasteiger partial charge on any atom is 0.397 e. The third-order valence-corrected chi connectivity index (χ3v) is 4.05. The van der Waals surface area contributed by atoms with Gasteiger partial charge in [-0.05, 0) is 37.0 Å². The van der Waals surface area contributed by atoms with Gasteiger partial charge in [-0.25, -0.2) is 0 Å². The first-order valence-electron chi connectivity index (χ1n) is 8.50. The minimum Gasteiger partial charge on any atom is -0.433 e. The van der Waals surface area contributed by atoms with Crippen LogP contribution in [0.5, 0.6) is 5.75 Å². The second-order valence-electron chi connectivity index (χ2n) is 6.37. The molecule has 4 N–H and O–H groups in total. The van der Waals surface area contributed by atoms with Crippen molar-refractivity contribution in [3.63, 3.8) is 0 Å². The van der Waals surface area contributed by atoms with Gasteiger partial charge in [-0.2, -0.15) is 8.78 Å². The molecule has 0 spiro atoms. The van der Waals surface area contributed by atoms with E-state index in [4.69, 9.17) is 20.7 Å². The standard InChI is InChI=1S/C18H29F2NO3/c1-2-3-4-5-11-18(19,20)24-16-8-6-15(7-9-16)10-12-17(21,13-22)14-23/h6-9,22-23H,2-5,10-14,21H2,1H3. The Morgan fingerprint density at radius 1 is 1.00 bits per heavy atom. The molecule has 0 aliphatic rings. The first kappa shape index (κ1) is 20.8. The van der Waals surface area contributed by atoms with Gasteiger partial charge in [-0.3, -0.25) is 0 Å². The predicted octanol–water partition coefficient (Wildman–Crippen LogP) is 3.24. The van der Waals surface area contributed by atoms with Crippen molar-refractivity contribution >= 4 is 0 Å². The van der Waals surface area contributed by atoms with Crippen molar-refractivity contribution < 1.29 is 23.7 Å². The molecule has 0 amide bonds. The normalized spacial score (nSPS) is 12.4. The van der Waals surface area contributed by atoms with Gasteiger partial charge >= 0.3 is 6.11 Å². The van der Waals surface area contributed by atoms with Crippen LogP contribution in [0, 0.1) is 0 Å². The van der Waals surface area contributed by atoms with Gasteiger partial charge in [0.1, 0.15) is 5.75 Å². The highest BCUT2D eigenvalue weighted by atomic mass is 19.3.